The maximum atomic E-state index is 13.1. The first-order chi connectivity index (χ1) is 9.06. The van der Waals surface area contributed by atoms with E-state index in [4.69, 9.17) is 11.1 Å². The second-order valence-corrected chi connectivity index (χ2v) is 4.14. The second kappa shape index (κ2) is 5.43. The fourth-order valence-electron chi connectivity index (χ4n) is 1.66. The number of hydrogen-bond donors (Lipinski definition) is 2. The molecule has 0 aliphatic heterocycles. The summed E-state index contributed by atoms with van der Waals surface area (Å²) in [6, 6.07) is 7.92. The Morgan fingerprint density at radius 3 is 2.89 bits per heavy atom. The van der Waals surface area contributed by atoms with E-state index in [-0.39, 0.29) is 11.7 Å². The Bertz CT molecular complexity index is 599. The van der Waals surface area contributed by atoms with Crippen LogP contribution in [-0.2, 0) is 6.54 Å². The molecule has 0 saturated heterocycles. The fourth-order valence-corrected chi connectivity index (χ4v) is 1.66. The van der Waals surface area contributed by atoms with Crippen LogP contribution in [0.3, 0.4) is 0 Å². The number of halogens is 1. The number of nitrogen functional groups attached to an aromatic ring is 1. The molecule has 98 valence electrons. The molecule has 1 aromatic carbocycles. The van der Waals surface area contributed by atoms with Crippen LogP contribution < -0.4 is 10.6 Å². The Morgan fingerprint density at radius 2 is 2.21 bits per heavy atom. The maximum absolute atomic E-state index is 13.1. The minimum absolute atomic E-state index is 0.109. The van der Waals surface area contributed by atoms with Gasteiger partial charge in [0, 0.05) is 19.8 Å². The van der Waals surface area contributed by atoms with E-state index in [0.717, 1.165) is 5.56 Å². The highest BCUT2D eigenvalue weighted by atomic mass is 19.1. The highest BCUT2D eigenvalue weighted by Gasteiger charge is 2.08. The highest BCUT2D eigenvalue weighted by Crippen LogP contribution is 2.11. The molecule has 6 heteroatoms. The molecule has 2 aromatic rings. The van der Waals surface area contributed by atoms with Gasteiger partial charge in [0.2, 0.25) is 5.95 Å². The van der Waals surface area contributed by atoms with Gasteiger partial charge in [0.05, 0.1) is 0 Å². The fraction of sp³-hybridized carbons (Fsp3) is 0.154. The van der Waals surface area contributed by atoms with Gasteiger partial charge in [0.25, 0.3) is 0 Å². The van der Waals surface area contributed by atoms with Crippen molar-refractivity contribution in [2.75, 3.05) is 11.9 Å². The summed E-state index contributed by atoms with van der Waals surface area (Å²) in [5, 5.41) is 7.34. The summed E-state index contributed by atoms with van der Waals surface area (Å²) in [4.78, 5) is 10.0. The van der Waals surface area contributed by atoms with Crippen molar-refractivity contribution in [3.8, 4) is 0 Å². The lowest BCUT2D eigenvalue weighted by Crippen LogP contribution is -2.21. The molecule has 2 rings (SSSR count). The van der Waals surface area contributed by atoms with Crippen molar-refractivity contribution in [2.45, 2.75) is 6.54 Å². The van der Waals surface area contributed by atoms with E-state index >= 15 is 0 Å². The first kappa shape index (κ1) is 12.9. The summed E-state index contributed by atoms with van der Waals surface area (Å²) in [6.45, 7) is 0.471. The summed E-state index contributed by atoms with van der Waals surface area (Å²) in [5.41, 5.74) is 6.57. The minimum Gasteiger partial charge on any atom is -0.382 e. The van der Waals surface area contributed by atoms with Crippen LogP contribution in [0.1, 0.15) is 11.3 Å². The van der Waals surface area contributed by atoms with Crippen molar-refractivity contribution < 1.29 is 4.39 Å². The molecule has 0 aliphatic carbocycles. The molecule has 0 bridgehead atoms. The summed E-state index contributed by atoms with van der Waals surface area (Å²) >= 11 is 0. The van der Waals surface area contributed by atoms with Gasteiger partial charge in [0.1, 0.15) is 17.3 Å². The molecule has 0 atom stereocenters. The van der Waals surface area contributed by atoms with Crippen LogP contribution >= 0.6 is 0 Å². The highest BCUT2D eigenvalue weighted by molar-refractivity contribution is 5.93. The van der Waals surface area contributed by atoms with Gasteiger partial charge in [-0.1, -0.05) is 12.1 Å². The van der Waals surface area contributed by atoms with E-state index in [1.807, 2.05) is 6.07 Å². The van der Waals surface area contributed by atoms with Crippen molar-refractivity contribution in [1.82, 2.24) is 9.97 Å². The van der Waals surface area contributed by atoms with Crippen LogP contribution in [0, 0.1) is 11.2 Å². The average molecular weight is 259 g/mol. The van der Waals surface area contributed by atoms with Gasteiger partial charge in [-0.05, 0) is 23.8 Å². The molecule has 0 unspecified atom stereocenters. The van der Waals surface area contributed by atoms with Crippen molar-refractivity contribution in [2.24, 2.45) is 5.73 Å². The van der Waals surface area contributed by atoms with Gasteiger partial charge in [-0.25, -0.2) is 14.4 Å². The summed E-state index contributed by atoms with van der Waals surface area (Å²) in [6.07, 6.45) is 1.54. The molecule has 1 heterocycles. The Labute approximate surface area is 110 Å². The van der Waals surface area contributed by atoms with Crippen LogP contribution in [0.5, 0.6) is 0 Å². The molecule has 0 amide bonds. The summed E-state index contributed by atoms with van der Waals surface area (Å²) in [7, 11) is 1.80. The average Bonchev–Trinajstić information content (AvgIpc) is 2.39. The molecule has 1 aromatic heterocycles. The predicted octanol–water partition coefficient (Wildman–Crippen LogP) is 1.54. The molecule has 0 spiro atoms. The zero-order valence-electron chi connectivity index (χ0n) is 10.5. The van der Waals surface area contributed by atoms with E-state index < -0.39 is 0 Å². The monoisotopic (exact) mass is 259 g/mol. The molecule has 0 aliphatic rings. The lowest BCUT2D eigenvalue weighted by molar-refractivity contribution is 0.625. The molecule has 0 fully saturated rings. The molecule has 0 saturated carbocycles. The molecule has 19 heavy (non-hydrogen) atoms. The SMILES string of the molecule is CN(Cc1cccc(F)c1)c1nccc(C(=N)N)n1. The number of nitrogens with two attached hydrogens (primary N) is 1. The normalized spacial score (nSPS) is 10.2. The maximum Gasteiger partial charge on any atom is 0.226 e. The van der Waals surface area contributed by atoms with Gasteiger partial charge >= 0.3 is 0 Å². The first-order valence-electron chi connectivity index (χ1n) is 5.69. The van der Waals surface area contributed by atoms with E-state index in [2.05, 4.69) is 9.97 Å². The predicted molar refractivity (Wildman–Crippen MR) is 71.6 cm³/mol. The van der Waals surface area contributed by atoms with Gasteiger partial charge in [-0.3, -0.25) is 5.41 Å². The van der Waals surface area contributed by atoms with Crippen molar-refractivity contribution >= 4 is 11.8 Å². The first-order valence-corrected chi connectivity index (χ1v) is 5.69. The van der Waals surface area contributed by atoms with E-state index in [0.29, 0.717) is 18.2 Å². The number of anilines is 1. The summed E-state index contributed by atoms with van der Waals surface area (Å²) in [5.74, 6) is 0.0593. The lowest BCUT2D eigenvalue weighted by atomic mass is 10.2. The van der Waals surface area contributed by atoms with Crippen LogP contribution in [0.4, 0.5) is 10.3 Å². The summed E-state index contributed by atoms with van der Waals surface area (Å²) < 4.78 is 13.1. The van der Waals surface area contributed by atoms with Gasteiger partial charge < -0.3 is 10.6 Å². The van der Waals surface area contributed by atoms with Crippen LogP contribution in [0.15, 0.2) is 36.5 Å². The lowest BCUT2D eigenvalue weighted by Gasteiger charge is -2.17. The second-order valence-electron chi connectivity index (χ2n) is 4.14. The van der Waals surface area contributed by atoms with Gasteiger partial charge in [-0.2, -0.15) is 0 Å². The number of nitrogens with one attached hydrogen (secondary N) is 1. The van der Waals surface area contributed by atoms with Crippen molar-refractivity contribution in [1.29, 1.82) is 5.41 Å². The Balaban J connectivity index is 2.18. The van der Waals surface area contributed by atoms with Crippen LogP contribution in [-0.4, -0.2) is 22.9 Å². The molecule has 3 N–H and O–H groups in total. The van der Waals surface area contributed by atoms with Crippen molar-refractivity contribution in [3.05, 3.63) is 53.6 Å². The molecule has 0 radical (unpaired) electrons. The smallest absolute Gasteiger partial charge is 0.226 e. The molecule has 5 nitrogen and oxygen atoms in total. The quantitative estimate of drug-likeness (QED) is 0.644. The van der Waals surface area contributed by atoms with Crippen LogP contribution in [0.2, 0.25) is 0 Å². The standard InChI is InChI=1S/C13H14FN5/c1-19(8-9-3-2-4-10(14)7-9)13-17-6-5-11(18-13)12(15)16/h2-7H,8H2,1H3,(H3,15,16). The number of amidine groups is 1. The zero-order valence-corrected chi connectivity index (χ0v) is 10.5. The van der Waals surface area contributed by atoms with E-state index in [9.17, 15) is 4.39 Å². The Kier molecular flexibility index (Phi) is 3.70. The molecular formula is C13H14FN5. The third-order valence-corrected chi connectivity index (χ3v) is 2.57. The molecular weight excluding hydrogens is 245 g/mol. The largest absolute Gasteiger partial charge is 0.382 e. The third-order valence-electron chi connectivity index (χ3n) is 2.57. The zero-order chi connectivity index (χ0) is 13.8. The number of hydrogen-bond acceptors (Lipinski definition) is 4. The number of benzene rings is 1. The third kappa shape index (κ3) is 3.25. The Hall–Kier alpha value is -2.50. The van der Waals surface area contributed by atoms with Crippen molar-refractivity contribution in [3.63, 3.8) is 0 Å². The minimum atomic E-state index is -0.274. The Morgan fingerprint density at radius 1 is 1.42 bits per heavy atom. The van der Waals surface area contributed by atoms with E-state index in [1.54, 1.807) is 30.3 Å². The van der Waals surface area contributed by atoms with E-state index in [1.165, 1.54) is 12.1 Å². The topological polar surface area (TPSA) is 78.9 Å². The van der Waals surface area contributed by atoms with Gasteiger partial charge in [0.15, 0.2) is 0 Å². The van der Waals surface area contributed by atoms with Crippen LogP contribution in [0.25, 0.3) is 0 Å². The van der Waals surface area contributed by atoms with Gasteiger partial charge in [-0.15, -0.1) is 0 Å². The number of aromatic nitrogens is 2. The number of rotatable bonds is 4. The number of nitrogens with zero attached hydrogens (tertiary/aromatic N) is 3.